The Hall–Kier alpha value is -4.06. The van der Waals surface area contributed by atoms with E-state index in [2.05, 4.69) is 30.1 Å². The van der Waals surface area contributed by atoms with E-state index in [-0.39, 0.29) is 31.6 Å². The Morgan fingerprint density at radius 1 is 0.974 bits per heavy atom. The van der Waals surface area contributed by atoms with Gasteiger partial charge >= 0.3 is 0 Å². The summed E-state index contributed by atoms with van der Waals surface area (Å²) >= 11 is 0. The minimum absolute atomic E-state index is 0. The molecule has 193 valence electrons. The molecular formula is C31H25IrN2O4-. The molecule has 0 fully saturated rings. The number of carbonyl (C=O) groups excluding carboxylic acids is 1. The number of ketones is 1. The minimum Gasteiger partial charge on any atom is -0.512 e. The zero-order valence-corrected chi connectivity index (χ0v) is 23.7. The van der Waals surface area contributed by atoms with Crippen LogP contribution in [0.25, 0.3) is 55.6 Å². The van der Waals surface area contributed by atoms with E-state index < -0.39 is 0 Å². The van der Waals surface area contributed by atoms with Crippen LogP contribution in [0.2, 0.25) is 0 Å². The number of nitrogens with zero attached hydrogens (tertiary/aromatic N) is 2. The van der Waals surface area contributed by atoms with Gasteiger partial charge in [0.15, 0.2) is 5.78 Å². The standard InChI is InChI=1S/C26H17N2O2.C5H8O2.Ir/c1-15-11-12-19-18-9-6-10-20(25(18)30-26(19)28-15)22-13-23-21(14-27-22)16(2)24(29-23)17-7-4-3-5-8-17;1-4(6)3-5(2)7;/h3-9,11-14H,1-2H3;3,6H,1-2H3;/q-1;;/b;4-3-;. The molecule has 0 saturated carbocycles. The first kappa shape index (κ1) is 27.0. The van der Waals surface area contributed by atoms with Crippen molar-refractivity contribution < 1.29 is 38.8 Å². The summed E-state index contributed by atoms with van der Waals surface area (Å²) in [4.78, 5) is 19.3. The van der Waals surface area contributed by atoms with Crippen LogP contribution in [0.1, 0.15) is 25.1 Å². The Labute approximate surface area is 233 Å². The first-order valence-corrected chi connectivity index (χ1v) is 11.8. The molecule has 0 amide bonds. The third kappa shape index (κ3) is 5.30. The number of hydrogen-bond acceptors (Lipinski definition) is 6. The number of aliphatic hydroxyl groups is 1. The summed E-state index contributed by atoms with van der Waals surface area (Å²) in [5.41, 5.74) is 6.80. The van der Waals surface area contributed by atoms with Crippen molar-refractivity contribution in [3.05, 3.63) is 96.0 Å². The first-order chi connectivity index (χ1) is 17.8. The number of carbonyl (C=O) groups is 1. The fourth-order valence-corrected chi connectivity index (χ4v) is 4.31. The molecule has 1 N–H and O–H groups in total. The van der Waals surface area contributed by atoms with Gasteiger partial charge in [0.2, 0.25) is 5.71 Å². The van der Waals surface area contributed by atoms with E-state index in [0.29, 0.717) is 5.71 Å². The van der Waals surface area contributed by atoms with Gasteiger partial charge in [-0.3, -0.25) is 4.79 Å². The molecule has 0 atom stereocenters. The fourth-order valence-electron chi connectivity index (χ4n) is 4.31. The largest absolute Gasteiger partial charge is 0.512 e. The maximum atomic E-state index is 10.0. The molecule has 0 bridgehead atoms. The average Bonchev–Trinajstić information content (AvgIpc) is 3.40. The Balaban J connectivity index is 0.000000375. The van der Waals surface area contributed by atoms with Gasteiger partial charge in [0.05, 0.1) is 11.3 Å². The second-order valence-electron chi connectivity index (χ2n) is 8.89. The normalized spacial score (nSPS) is 11.3. The third-order valence-electron chi connectivity index (χ3n) is 5.96. The van der Waals surface area contributed by atoms with Crippen molar-refractivity contribution in [2.75, 3.05) is 0 Å². The Morgan fingerprint density at radius 2 is 1.74 bits per heavy atom. The molecule has 4 heterocycles. The van der Waals surface area contributed by atoms with E-state index in [0.717, 1.165) is 61.2 Å². The van der Waals surface area contributed by atoms with Crippen LogP contribution in [-0.4, -0.2) is 20.9 Å². The van der Waals surface area contributed by atoms with Crippen LogP contribution in [0.3, 0.4) is 0 Å². The summed E-state index contributed by atoms with van der Waals surface area (Å²) in [6.07, 6.45) is 3.04. The van der Waals surface area contributed by atoms with Crippen molar-refractivity contribution in [1.29, 1.82) is 0 Å². The van der Waals surface area contributed by atoms with Gasteiger partial charge in [-0.15, -0.1) is 18.2 Å². The Morgan fingerprint density at radius 3 is 2.42 bits per heavy atom. The van der Waals surface area contributed by atoms with Crippen LogP contribution in [0.5, 0.6) is 0 Å². The molecule has 0 unspecified atom stereocenters. The number of aliphatic hydroxyl groups excluding tert-OH is 1. The van der Waals surface area contributed by atoms with Crippen molar-refractivity contribution >= 4 is 38.8 Å². The van der Waals surface area contributed by atoms with E-state index in [1.165, 1.54) is 19.9 Å². The average molecular weight is 682 g/mol. The fraction of sp³-hybridized carbons (Fsp3) is 0.129. The number of pyridine rings is 2. The van der Waals surface area contributed by atoms with Crippen LogP contribution in [0, 0.1) is 19.9 Å². The quantitative estimate of drug-likeness (QED) is 0.116. The predicted octanol–water partition coefficient (Wildman–Crippen LogP) is 7.91. The van der Waals surface area contributed by atoms with Gasteiger partial charge in [0.1, 0.15) is 11.3 Å². The number of aryl methyl sites for hydroxylation is 2. The van der Waals surface area contributed by atoms with E-state index in [4.69, 9.17) is 18.9 Å². The molecule has 0 spiro atoms. The summed E-state index contributed by atoms with van der Waals surface area (Å²) < 4.78 is 12.4. The SMILES string of the molecule is CC(=O)/C=C(/C)O.Cc1ccc2c(n1)oc1c(-c3cc4oc(-c5ccccc5)c(C)c4cn3)[c-]ccc12.[Ir]. The van der Waals surface area contributed by atoms with E-state index in [1.54, 1.807) is 0 Å². The zero-order valence-electron chi connectivity index (χ0n) is 21.3. The molecule has 0 aliphatic heterocycles. The molecule has 7 heteroatoms. The number of benzene rings is 2. The molecule has 6 aromatic rings. The molecule has 6 rings (SSSR count). The molecule has 4 aromatic heterocycles. The number of furan rings is 2. The minimum atomic E-state index is -0.125. The molecule has 0 saturated heterocycles. The summed E-state index contributed by atoms with van der Waals surface area (Å²) in [6.45, 7) is 6.87. The molecular weight excluding hydrogens is 657 g/mol. The van der Waals surface area contributed by atoms with Gasteiger partial charge in [0, 0.05) is 60.0 Å². The topological polar surface area (TPSA) is 89.4 Å². The Kier molecular flexibility index (Phi) is 7.91. The van der Waals surface area contributed by atoms with Gasteiger partial charge in [-0.1, -0.05) is 41.3 Å². The second kappa shape index (κ2) is 11.1. The zero-order chi connectivity index (χ0) is 26.1. The second-order valence-corrected chi connectivity index (χ2v) is 8.89. The summed E-state index contributed by atoms with van der Waals surface area (Å²) in [6, 6.07) is 23.3. The molecule has 1 radical (unpaired) electrons. The monoisotopic (exact) mass is 682 g/mol. The van der Waals surface area contributed by atoms with E-state index >= 15 is 0 Å². The first-order valence-electron chi connectivity index (χ1n) is 11.8. The molecule has 38 heavy (non-hydrogen) atoms. The number of hydrogen-bond donors (Lipinski definition) is 1. The van der Waals surface area contributed by atoms with Crippen molar-refractivity contribution in [2.24, 2.45) is 0 Å². The number of fused-ring (bicyclic) bond motifs is 4. The van der Waals surface area contributed by atoms with Crippen molar-refractivity contribution in [2.45, 2.75) is 27.7 Å². The van der Waals surface area contributed by atoms with Crippen LogP contribution < -0.4 is 0 Å². The molecule has 0 aliphatic rings. The van der Waals surface area contributed by atoms with Crippen molar-refractivity contribution in [3.63, 3.8) is 0 Å². The van der Waals surface area contributed by atoms with Gasteiger partial charge in [0.25, 0.3) is 0 Å². The smallest absolute Gasteiger partial charge is 0.216 e. The van der Waals surface area contributed by atoms with Crippen LogP contribution in [-0.2, 0) is 24.9 Å². The van der Waals surface area contributed by atoms with Crippen molar-refractivity contribution in [1.82, 2.24) is 9.97 Å². The molecule has 0 aliphatic carbocycles. The number of rotatable bonds is 3. The van der Waals surface area contributed by atoms with Gasteiger partial charge in [-0.2, -0.15) is 0 Å². The maximum Gasteiger partial charge on any atom is 0.216 e. The van der Waals surface area contributed by atoms with Crippen molar-refractivity contribution in [3.8, 4) is 22.6 Å². The maximum absolute atomic E-state index is 10.0. The van der Waals surface area contributed by atoms with E-state index in [1.807, 2.05) is 61.7 Å². The summed E-state index contributed by atoms with van der Waals surface area (Å²) in [5, 5.41) is 11.4. The van der Waals surface area contributed by atoms with Gasteiger partial charge in [-0.05, 0) is 51.6 Å². The van der Waals surface area contributed by atoms with Gasteiger partial charge < -0.3 is 18.9 Å². The number of aromatic nitrogens is 2. The molecule has 2 aromatic carbocycles. The Bertz CT molecular complexity index is 1800. The molecule has 6 nitrogen and oxygen atoms in total. The number of allylic oxidation sites excluding steroid dienone is 2. The third-order valence-corrected chi connectivity index (χ3v) is 5.96. The van der Waals surface area contributed by atoms with Crippen LogP contribution >= 0.6 is 0 Å². The van der Waals surface area contributed by atoms with E-state index in [9.17, 15) is 4.79 Å². The van der Waals surface area contributed by atoms with Gasteiger partial charge in [-0.25, -0.2) is 4.98 Å². The summed E-state index contributed by atoms with van der Waals surface area (Å²) in [7, 11) is 0. The van der Waals surface area contributed by atoms with Crippen LogP contribution in [0.4, 0.5) is 0 Å². The summed E-state index contributed by atoms with van der Waals surface area (Å²) in [5.74, 6) is 0.808. The van der Waals surface area contributed by atoms with Crippen LogP contribution in [0.15, 0.2) is 87.5 Å². The predicted molar refractivity (Wildman–Crippen MR) is 145 cm³/mol.